The summed E-state index contributed by atoms with van der Waals surface area (Å²) < 4.78 is 1.03. The summed E-state index contributed by atoms with van der Waals surface area (Å²) in [5, 5.41) is 4.05. The van der Waals surface area contributed by atoms with Crippen molar-refractivity contribution in [1.29, 1.82) is 0 Å². The van der Waals surface area contributed by atoms with Crippen LogP contribution in [0, 0.1) is 0 Å². The maximum Gasteiger partial charge on any atom is 0.0419 e. The van der Waals surface area contributed by atoms with Crippen LogP contribution in [0.15, 0.2) is 22.7 Å². The molecule has 0 spiro atoms. The van der Waals surface area contributed by atoms with Gasteiger partial charge in [-0.2, -0.15) is 0 Å². The van der Waals surface area contributed by atoms with Crippen LogP contribution in [-0.2, 0) is 6.42 Å². The van der Waals surface area contributed by atoms with Gasteiger partial charge in [0.25, 0.3) is 0 Å². The van der Waals surface area contributed by atoms with Gasteiger partial charge < -0.3 is 5.32 Å². The molecule has 0 aliphatic rings. The minimum atomic E-state index is 0.101. The first kappa shape index (κ1) is 12.0. The molecule has 3 heteroatoms. The van der Waals surface area contributed by atoms with Gasteiger partial charge in [0.2, 0.25) is 0 Å². The van der Waals surface area contributed by atoms with E-state index < -0.39 is 0 Å². The van der Waals surface area contributed by atoms with Gasteiger partial charge in [-0.1, -0.05) is 27.5 Å². The zero-order valence-corrected chi connectivity index (χ0v) is 11.0. The predicted octanol–water partition coefficient (Wildman–Crippen LogP) is 3.64. The van der Waals surface area contributed by atoms with Crippen LogP contribution in [-0.4, -0.2) is 12.6 Å². The van der Waals surface area contributed by atoms with Crippen LogP contribution in [0.25, 0.3) is 0 Å². The minimum absolute atomic E-state index is 0.101. The molecule has 0 saturated carbocycles. The number of nitrogens with one attached hydrogen (secondary N) is 1. The third-order valence-corrected chi connectivity index (χ3v) is 2.92. The van der Waals surface area contributed by atoms with Crippen LogP contribution in [0.3, 0.4) is 0 Å². The van der Waals surface area contributed by atoms with E-state index >= 15 is 0 Å². The van der Waals surface area contributed by atoms with Crippen LogP contribution in [0.4, 0.5) is 0 Å². The third kappa shape index (κ3) is 3.60. The lowest BCUT2D eigenvalue weighted by Crippen LogP contribution is -2.38. The summed E-state index contributed by atoms with van der Waals surface area (Å²) in [6.45, 7) is 4.34. The van der Waals surface area contributed by atoms with E-state index in [9.17, 15) is 0 Å². The molecule has 14 heavy (non-hydrogen) atoms. The number of benzene rings is 1. The molecule has 0 atom stereocenters. The van der Waals surface area contributed by atoms with Gasteiger partial charge in [-0.3, -0.25) is 0 Å². The molecule has 1 N–H and O–H groups in total. The average Bonchev–Trinajstić information content (AvgIpc) is 2.01. The maximum atomic E-state index is 5.97. The van der Waals surface area contributed by atoms with Crippen molar-refractivity contribution >= 4 is 27.5 Å². The second-order valence-electron chi connectivity index (χ2n) is 4.09. The molecule has 0 aromatic heterocycles. The van der Waals surface area contributed by atoms with Crippen LogP contribution >= 0.6 is 27.5 Å². The quantitative estimate of drug-likeness (QED) is 0.889. The van der Waals surface area contributed by atoms with E-state index in [0.29, 0.717) is 0 Å². The van der Waals surface area contributed by atoms with Crippen LogP contribution in [0.5, 0.6) is 0 Å². The largest absolute Gasteiger partial charge is 0.314 e. The number of hydrogen-bond acceptors (Lipinski definition) is 1. The van der Waals surface area contributed by atoms with Gasteiger partial charge >= 0.3 is 0 Å². The Morgan fingerprint density at radius 1 is 1.36 bits per heavy atom. The van der Waals surface area contributed by atoms with E-state index in [4.69, 9.17) is 11.6 Å². The summed E-state index contributed by atoms with van der Waals surface area (Å²) in [7, 11) is 1.97. The highest BCUT2D eigenvalue weighted by molar-refractivity contribution is 9.10. The summed E-state index contributed by atoms with van der Waals surface area (Å²) in [4.78, 5) is 0. The Hall–Kier alpha value is -0.0500. The van der Waals surface area contributed by atoms with Crippen molar-refractivity contribution in [2.75, 3.05) is 7.05 Å². The van der Waals surface area contributed by atoms with Gasteiger partial charge in [0.05, 0.1) is 0 Å². The van der Waals surface area contributed by atoms with Crippen molar-refractivity contribution in [1.82, 2.24) is 5.32 Å². The molecule has 0 heterocycles. The number of halogens is 2. The van der Waals surface area contributed by atoms with Gasteiger partial charge in [-0.05, 0) is 51.1 Å². The minimum Gasteiger partial charge on any atom is -0.314 e. The number of likely N-dealkylation sites (N-methyl/N-ethyl adjacent to an activating group) is 1. The molecular formula is C11H15BrClN. The van der Waals surface area contributed by atoms with Crippen molar-refractivity contribution in [3.63, 3.8) is 0 Å². The van der Waals surface area contributed by atoms with E-state index in [1.165, 1.54) is 5.56 Å². The predicted molar refractivity (Wildman–Crippen MR) is 66.0 cm³/mol. The molecule has 1 nitrogen and oxygen atoms in total. The fourth-order valence-electron chi connectivity index (χ4n) is 1.31. The maximum absolute atomic E-state index is 5.97. The van der Waals surface area contributed by atoms with Gasteiger partial charge in [-0.15, -0.1) is 0 Å². The topological polar surface area (TPSA) is 12.0 Å². The lowest BCUT2D eigenvalue weighted by molar-refractivity contribution is 0.422. The Bertz CT molecular complexity index is 303. The highest BCUT2D eigenvalue weighted by Crippen LogP contribution is 2.22. The van der Waals surface area contributed by atoms with E-state index in [0.717, 1.165) is 15.9 Å². The third-order valence-electron chi connectivity index (χ3n) is 2.25. The summed E-state index contributed by atoms with van der Waals surface area (Å²) in [5.74, 6) is 0. The lowest BCUT2D eigenvalue weighted by atomic mass is 9.95. The fourth-order valence-corrected chi connectivity index (χ4v) is 2.24. The van der Waals surface area contributed by atoms with E-state index in [1.807, 2.05) is 19.2 Å². The van der Waals surface area contributed by atoms with Gasteiger partial charge in [0.15, 0.2) is 0 Å². The second kappa shape index (κ2) is 4.65. The molecule has 0 saturated heterocycles. The Labute approximate surface area is 99.0 Å². The summed E-state index contributed by atoms with van der Waals surface area (Å²) in [5.41, 5.74) is 1.34. The summed E-state index contributed by atoms with van der Waals surface area (Å²) in [6.07, 6.45) is 0.961. The van der Waals surface area contributed by atoms with Gasteiger partial charge in [0, 0.05) is 15.0 Å². The molecular weight excluding hydrogens is 261 g/mol. The molecule has 0 amide bonds. The van der Waals surface area contributed by atoms with E-state index in [-0.39, 0.29) is 5.54 Å². The van der Waals surface area contributed by atoms with Crippen LogP contribution in [0.2, 0.25) is 5.02 Å². The van der Waals surface area contributed by atoms with Gasteiger partial charge in [0.1, 0.15) is 0 Å². The highest BCUT2D eigenvalue weighted by Gasteiger charge is 2.15. The molecule has 0 radical (unpaired) electrons. The fraction of sp³-hybridized carbons (Fsp3) is 0.455. The molecule has 0 aliphatic heterocycles. The van der Waals surface area contributed by atoms with Crippen molar-refractivity contribution in [3.05, 3.63) is 33.3 Å². The standard InChI is InChI=1S/C11H15BrClN/c1-11(2,14-3)7-8-4-9(12)6-10(13)5-8/h4-6,14H,7H2,1-3H3. The molecule has 1 aromatic carbocycles. The Kier molecular flexibility index (Phi) is 3.99. The van der Waals surface area contributed by atoms with Crippen LogP contribution in [0.1, 0.15) is 19.4 Å². The van der Waals surface area contributed by atoms with E-state index in [2.05, 4.69) is 41.2 Å². The lowest BCUT2D eigenvalue weighted by Gasteiger charge is -2.24. The molecule has 78 valence electrons. The monoisotopic (exact) mass is 275 g/mol. The normalized spacial score (nSPS) is 11.8. The molecule has 1 rings (SSSR count). The SMILES string of the molecule is CNC(C)(C)Cc1cc(Cl)cc(Br)c1. The average molecular weight is 277 g/mol. The van der Waals surface area contributed by atoms with Crippen molar-refractivity contribution in [2.24, 2.45) is 0 Å². The van der Waals surface area contributed by atoms with E-state index in [1.54, 1.807) is 0 Å². The summed E-state index contributed by atoms with van der Waals surface area (Å²) >= 11 is 9.41. The zero-order valence-electron chi connectivity index (χ0n) is 8.70. The smallest absolute Gasteiger partial charge is 0.0419 e. The Balaban J connectivity index is 2.87. The van der Waals surface area contributed by atoms with Crippen molar-refractivity contribution in [2.45, 2.75) is 25.8 Å². The Morgan fingerprint density at radius 3 is 2.50 bits per heavy atom. The molecule has 0 unspecified atom stereocenters. The molecule has 0 aliphatic carbocycles. The Morgan fingerprint density at radius 2 is 2.00 bits per heavy atom. The zero-order chi connectivity index (χ0) is 10.8. The molecule has 0 bridgehead atoms. The number of hydrogen-bond donors (Lipinski definition) is 1. The number of rotatable bonds is 3. The van der Waals surface area contributed by atoms with Gasteiger partial charge in [-0.25, -0.2) is 0 Å². The van der Waals surface area contributed by atoms with Crippen molar-refractivity contribution in [3.8, 4) is 0 Å². The van der Waals surface area contributed by atoms with Crippen LogP contribution < -0.4 is 5.32 Å². The van der Waals surface area contributed by atoms with Crippen molar-refractivity contribution < 1.29 is 0 Å². The molecule has 1 aromatic rings. The first-order valence-corrected chi connectivity index (χ1v) is 5.74. The summed E-state index contributed by atoms with van der Waals surface area (Å²) in [6, 6.07) is 6.01. The first-order valence-electron chi connectivity index (χ1n) is 4.57. The molecule has 0 fully saturated rings. The highest BCUT2D eigenvalue weighted by atomic mass is 79.9. The first-order chi connectivity index (χ1) is 6.43. The second-order valence-corrected chi connectivity index (χ2v) is 5.44.